The van der Waals surface area contributed by atoms with Crippen LogP contribution in [0.15, 0.2) is 24.3 Å². The molecule has 0 radical (unpaired) electrons. The van der Waals surface area contributed by atoms with Gasteiger partial charge in [0, 0.05) is 38.8 Å². The maximum absolute atomic E-state index is 13.9. The summed E-state index contributed by atoms with van der Waals surface area (Å²) in [5.74, 6) is 0.0806. The third kappa shape index (κ3) is 4.25. The number of halogens is 1. The van der Waals surface area contributed by atoms with E-state index in [1.165, 1.54) is 18.6 Å². The molecular weight excluding hydrogens is 381 g/mol. The molecule has 1 saturated carbocycles. The van der Waals surface area contributed by atoms with Gasteiger partial charge in [-0.25, -0.2) is 4.39 Å². The van der Waals surface area contributed by atoms with E-state index >= 15 is 0 Å². The number of piperidine rings is 1. The van der Waals surface area contributed by atoms with Crippen molar-refractivity contribution >= 4 is 11.8 Å². The summed E-state index contributed by atoms with van der Waals surface area (Å²) in [6, 6.07) is 6.93. The van der Waals surface area contributed by atoms with Crippen LogP contribution in [-0.2, 0) is 15.0 Å². The minimum atomic E-state index is -0.580. The molecule has 0 N–H and O–H groups in total. The molecule has 0 aromatic heterocycles. The Bertz CT molecular complexity index is 769. The quantitative estimate of drug-likeness (QED) is 0.759. The van der Waals surface area contributed by atoms with E-state index in [1.54, 1.807) is 6.07 Å². The number of amides is 2. The van der Waals surface area contributed by atoms with E-state index in [2.05, 4.69) is 11.8 Å². The SMILES string of the molecule is CC1CCCCN1C(=O)CN1CCN(C(=O)C2(c3cccc(F)c3)CCCC2)CC1. The molecule has 2 amide bonds. The third-order valence-corrected chi connectivity index (χ3v) is 7.39. The second kappa shape index (κ2) is 9.04. The van der Waals surface area contributed by atoms with E-state index in [9.17, 15) is 14.0 Å². The molecule has 1 unspecified atom stereocenters. The molecular formula is C24H34FN3O2. The fraction of sp³-hybridized carbons (Fsp3) is 0.667. The number of rotatable bonds is 4. The average Bonchev–Trinajstić information content (AvgIpc) is 3.25. The average molecular weight is 416 g/mol. The molecule has 2 heterocycles. The third-order valence-electron chi connectivity index (χ3n) is 7.39. The molecule has 2 saturated heterocycles. The van der Waals surface area contributed by atoms with Crippen LogP contribution in [0.2, 0.25) is 0 Å². The van der Waals surface area contributed by atoms with Gasteiger partial charge in [-0.3, -0.25) is 14.5 Å². The number of likely N-dealkylation sites (tertiary alicyclic amines) is 1. The summed E-state index contributed by atoms with van der Waals surface area (Å²) < 4.78 is 13.9. The minimum Gasteiger partial charge on any atom is -0.339 e. The minimum absolute atomic E-state index is 0.140. The van der Waals surface area contributed by atoms with Crippen LogP contribution in [0.4, 0.5) is 4.39 Å². The molecule has 0 bridgehead atoms. The Hall–Kier alpha value is -1.95. The predicted octanol–water partition coefficient (Wildman–Crippen LogP) is 3.18. The smallest absolute Gasteiger partial charge is 0.236 e. The van der Waals surface area contributed by atoms with Gasteiger partial charge in [0.2, 0.25) is 11.8 Å². The Kier molecular flexibility index (Phi) is 6.42. The number of piperazine rings is 1. The zero-order valence-electron chi connectivity index (χ0n) is 18.1. The van der Waals surface area contributed by atoms with Crippen molar-refractivity contribution < 1.29 is 14.0 Å². The second-order valence-electron chi connectivity index (χ2n) is 9.30. The highest BCUT2D eigenvalue weighted by Crippen LogP contribution is 2.43. The van der Waals surface area contributed by atoms with Gasteiger partial charge in [-0.15, -0.1) is 0 Å². The molecule has 164 valence electrons. The normalized spacial score (nSPS) is 24.8. The summed E-state index contributed by atoms with van der Waals surface area (Å²) in [6.07, 6.45) is 6.99. The first-order chi connectivity index (χ1) is 14.5. The molecule has 3 aliphatic rings. The number of benzene rings is 1. The van der Waals surface area contributed by atoms with Crippen molar-refractivity contribution in [2.24, 2.45) is 0 Å². The van der Waals surface area contributed by atoms with Crippen LogP contribution in [0.3, 0.4) is 0 Å². The van der Waals surface area contributed by atoms with Crippen LogP contribution in [-0.4, -0.2) is 71.8 Å². The largest absolute Gasteiger partial charge is 0.339 e. The van der Waals surface area contributed by atoms with Crippen molar-refractivity contribution in [2.45, 2.75) is 63.3 Å². The molecule has 30 heavy (non-hydrogen) atoms. The fourth-order valence-corrected chi connectivity index (χ4v) is 5.55. The van der Waals surface area contributed by atoms with Crippen molar-refractivity contribution in [3.05, 3.63) is 35.6 Å². The number of hydrogen-bond donors (Lipinski definition) is 0. The van der Waals surface area contributed by atoms with E-state index in [-0.39, 0.29) is 17.6 Å². The first kappa shape index (κ1) is 21.3. The van der Waals surface area contributed by atoms with Crippen LogP contribution in [0.25, 0.3) is 0 Å². The van der Waals surface area contributed by atoms with E-state index in [0.29, 0.717) is 25.7 Å². The molecule has 1 aromatic rings. The second-order valence-corrected chi connectivity index (χ2v) is 9.30. The van der Waals surface area contributed by atoms with Gasteiger partial charge in [-0.05, 0) is 56.7 Å². The molecule has 6 heteroatoms. The van der Waals surface area contributed by atoms with Crippen LogP contribution in [0.1, 0.15) is 57.4 Å². The van der Waals surface area contributed by atoms with Gasteiger partial charge in [0.15, 0.2) is 0 Å². The topological polar surface area (TPSA) is 43.9 Å². The lowest BCUT2D eigenvalue weighted by Gasteiger charge is -2.41. The van der Waals surface area contributed by atoms with E-state index in [1.807, 2.05) is 15.9 Å². The number of nitrogens with zero attached hydrogens (tertiary/aromatic N) is 3. The Morgan fingerprint density at radius 3 is 2.43 bits per heavy atom. The van der Waals surface area contributed by atoms with Gasteiger partial charge < -0.3 is 9.80 Å². The first-order valence-corrected chi connectivity index (χ1v) is 11.6. The van der Waals surface area contributed by atoms with E-state index in [0.717, 1.165) is 63.7 Å². The van der Waals surface area contributed by atoms with Crippen molar-refractivity contribution in [1.29, 1.82) is 0 Å². The maximum Gasteiger partial charge on any atom is 0.236 e. The highest BCUT2D eigenvalue weighted by Gasteiger charge is 2.45. The molecule has 1 atom stereocenters. The van der Waals surface area contributed by atoms with Crippen LogP contribution >= 0.6 is 0 Å². The van der Waals surface area contributed by atoms with Crippen LogP contribution < -0.4 is 0 Å². The fourth-order valence-electron chi connectivity index (χ4n) is 5.55. The van der Waals surface area contributed by atoms with Gasteiger partial charge in [0.05, 0.1) is 12.0 Å². The molecule has 5 nitrogen and oxygen atoms in total. The lowest BCUT2D eigenvalue weighted by atomic mass is 9.77. The summed E-state index contributed by atoms with van der Waals surface area (Å²) in [5, 5.41) is 0. The summed E-state index contributed by atoms with van der Waals surface area (Å²) in [6.45, 7) is 6.17. The van der Waals surface area contributed by atoms with Gasteiger partial charge >= 0.3 is 0 Å². The summed E-state index contributed by atoms with van der Waals surface area (Å²) in [7, 11) is 0. The highest BCUT2D eigenvalue weighted by molar-refractivity contribution is 5.89. The number of hydrogen-bond acceptors (Lipinski definition) is 3. The van der Waals surface area contributed by atoms with Crippen molar-refractivity contribution in [2.75, 3.05) is 39.3 Å². The molecule has 0 spiro atoms. The lowest BCUT2D eigenvalue weighted by molar-refractivity contribution is -0.140. The van der Waals surface area contributed by atoms with Gasteiger partial charge in [-0.1, -0.05) is 25.0 Å². The Morgan fingerprint density at radius 1 is 1.03 bits per heavy atom. The maximum atomic E-state index is 13.9. The number of carbonyl (C=O) groups excluding carboxylic acids is 2. The van der Waals surface area contributed by atoms with Crippen LogP contribution in [0.5, 0.6) is 0 Å². The first-order valence-electron chi connectivity index (χ1n) is 11.6. The van der Waals surface area contributed by atoms with Crippen molar-refractivity contribution in [3.8, 4) is 0 Å². The Balaban J connectivity index is 1.37. The Labute approximate surface area is 179 Å². The van der Waals surface area contributed by atoms with E-state index in [4.69, 9.17) is 0 Å². The zero-order valence-corrected chi connectivity index (χ0v) is 18.1. The molecule has 3 fully saturated rings. The van der Waals surface area contributed by atoms with Gasteiger partial charge in [0.1, 0.15) is 5.82 Å². The van der Waals surface area contributed by atoms with Gasteiger partial charge in [0.25, 0.3) is 0 Å². The van der Waals surface area contributed by atoms with Crippen molar-refractivity contribution in [3.63, 3.8) is 0 Å². The summed E-state index contributed by atoms with van der Waals surface area (Å²) in [5.41, 5.74) is 0.241. The van der Waals surface area contributed by atoms with Crippen molar-refractivity contribution in [1.82, 2.24) is 14.7 Å². The molecule has 1 aromatic carbocycles. The molecule has 2 aliphatic heterocycles. The highest BCUT2D eigenvalue weighted by atomic mass is 19.1. The molecule has 4 rings (SSSR count). The Morgan fingerprint density at radius 2 is 1.77 bits per heavy atom. The standard InChI is InChI=1S/C24H34FN3O2/c1-19-7-2-5-12-28(19)22(29)18-26-13-15-27(16-14-26)23(30)24(10-3-4-11-24)20-8-6-9-21(25)17-20/h6,8-9,17,19H,2-5,7,10-16,18H2,1H3. The summed E-state index contributed by atoms with van der Waals surface area (Å²) in [4.78, 5) is 32.4. The monoisotopic (exact) mass is 415 g/mol. The predicted molar refractivity (Wildman–Crippen MR) is 115 cm³/mol. The molecule has 1 aliphatic carbocycles. The zero-order chi connectivity index (χ0) is 21.1. The summed E-state index contributed by atoms with van der Waals surface area (Å²) >= 11 is 0. The number of carbonyl (C=O) groups is 2. The van der Waals surface area contributed by atoms with Gasteiger partial charge in [-0.2, -0.15) is 0 Å². The lowest BCUT2D eigenvalue weighted by Crippen LogP contribution is -2.56. The van der Waals surface area contributed by atoms with E-state index < -0.39 is 5.41 Å². The van der Waals surface area contributed by atoms with Crippen LogP contribution in [0, 0.1) is 5.82 Å².